The first-order valence-corrected chi connectivity index (χ1v) is 7.41. The van der Waals surface area contributed by atoms with E-state index in [0.717, 1.165) is 45.8 Å². The molecule has 0 saturated carbocycles. The molecule has 106 valence electrons. The van der Waals surface area contributed by atoms with Gasteiger partial charge in [0.05, 0.1) is 13.2 Å². The number of rotatable bonds is 7. The van der Waals surface area contributed by atoms with Crippen LogP contribution in [-0.2, 0) is 11.2 Å². The molecule has 1 saturated heterocycles. The molecule has 2 rings (SSSR count). The number of hydrogen-bond donors (Lipinski definition) is 1. The van der Waals surface area contributed by atoms with E-state index in [2.05, 4.69) is 41.4 Å². The van der Waals surface area contributed by atoms with Crippen LogP contribution in [0.5, 0.6) is 0 Å². The van der Waals surface area contributed by atoms with Crippen LogP contribution in [0.3, 0.4) is 0 Å². The molecule has 0 atom stereocenters. The Morgan fingerprint density at radius 1 is 1.21 bits per heavy atom. The summed E-state index contributed by atoms with van der Waals surface area (Å²) < 4.78 is 5.35. The van der Waals surface area contributed by atoms with Gasteiger partial charge in [0.2, 0.25) is 0 Å². The Kier molecular flexibility index (Phi) is 6.34. The second-order valence-electron chi connectivity index (χ2n) is 5.30. The number of nitrogens with zero attached hydrogens (tertiary/aromatic N) is 1. The van der Waals surface area contributed by atoms with Gasteiger partial charge in [-0.25, -0.2) is 0 Å². The molecule has 0 aliphatic carbocycles. The van der Waals surface area contributed by atoms with E-state index >= 15 is 0 Å². The Labute approximate surface area is 116 Å². The van der Waals surface area contributed by atoms with Gasteiger partial charge in [0.15, 0.2) is 0 Å². The minimum absolute atomic E-state index is 0.904. The summed E-state index contributed by atoms with van der Waals surface area (Å²) in [5.41, 5.74) is 2.78. The van der Waals surface area contributed by atoms with E-state index in [1.54, 1.807) is 0 Å². The highest BCUT2D eigenvalue weighted by molar-refractivity contribution is 5.22. The minimum Gasteiger partial charge on any atom is -0.379 e. The van der Waals surface area contributed by atoms with Gasteiger partial charge in [-0.15, -0.1) is 0 Å². The summed E-state index contributed by atoms with van der Waals surface area (Å²) in [6.07, 6.45) is 2.35. The van der Waals surface area contributed by atoms with Crippen LogP contribution < -0.4 is 5.32 Å². The van der Waals surface area contributed by atoms with Gasteiger partial charge in [0.25, 0.3) is 0 Å². The van der Waals surface area contributed by atoms with Gasteiger partial charge in [-0.3, -0.25) is 4.90 Å². The van der Waals surface area contributed by atoms with E-state index in [0.29, 0.717) is 0 Å². The largest absolute Gasteiger partial charge is 0.379 e. The van der Waals surface area contributed by atoms with Crippen molar-refractivity contribution in [3.8, 4) is 0 Å². The lowest BCUT2D eigenvalue weighted by molar-refractivity contribution is 0.0375. The van der Waals surface area contributed by atoms with Gasteiger partial charge >= 0.3 is 0 Å². The van der Waals surface area contributed by atoms with Crippen LogP contribution in [0.4, 0.5) is 0 Å². The van der Waals surface area contributed by atoms with Gasteiger partial charge in [0, 0.05) is 13.1 Å². The number of aryl methyl sites for hydroxylation is 1. The fourth-order valence-corrected chi connectivity index (χ4v) is 2.48. The second kappa shape index (κ2) is 8.31. The zero-order valence-electron chi connectivity index (χ0n) is 12.0. The summed E-state index contributed by atoms with van der Waals surface area (Å²) in [4.78, 5) is 2.49. The molecule has 0 radical (unpaired) electrons. The summed E-state index contributed by atoms with van der Waals surface area (Å²) in [6, 6.07) is 8.78. The molecule has 1 fully saturated rings. The first-order chi connectivity index (χ1) is 9.34. The van der Waals surface area contributed by atoms with Gasteiger partial charge in [0.1, 0.15) is 0 Å². The average molecular weight is 262 g/mol. The van der Waals surface area contributed by atoms with Gasteiger partial charge in [-0.2, -0.15) is 0 Å². The molecule has 1 aromatic rings. The molecule has 3 heteroatoms. The van der Waals surface area contributed by atoms with Crippen LogP contribution >= 0.6 is 0 Å². The van der Waals surface area contributed by atoms with Gasteiger partial charge in [-0.1, -0.05) is 29.8 Å². The molecular weight excluding hydrogens is 236 g/mol. The van der Waals surface area contributed by atoms with Gasteiger partial charge < -0.3 is 10.1 Å². The summed E-state index contributed by atoms with van der Waals surface area (Å²) >= 11 is 0. The molecule has 1 aromatic carbocycles. The van der Waals surface area contributed by atoms with Crippen LogP contribution in [0.15, 0.2) is 24.3 Å². The van der Waals surface area contributed by atoms with Crippen molar-refractivity contribution in [3.05, 3.63) is 35.4 Å². The van der Waals surface area contributed by atoms with E-state index < -0.39 is 0 Å². The normalized spacial score (nSPS) is 16.7. The minimum atomic E-state index is 0.904. The Balaban J connectivity index is 1.50. The van der Waals surface area contributed by atoms with E-state index in [4.69, 9.17) is 4.74 Å². The van der Waals surface area contributed by atoms with Crippen LogP contribution in [0.1, 0.15) is 17.5 Å². The second-order valence-corrected chi connectivity index (χ2v) is 5.30. The van der Waals surface area contributed by atoms with Crippen molar-refractivity contribution >= 4 is 0 Å². The van der Waals surface area contributed by atoms with Crippen LogP contribution in [0, 0.1) is 6.92 Å². The van der Waals surface area contributed by atoms with Crippen molar-refractivity contribution < 1.29 is 4.74 Å². The molecule has 19 heavy (non-hydrogen) atoms. The third kappa shape index (κ3) is 5.72. The lowest BCUT2D eigenvalue weighted by atomic mass is 10.1. The van der Waals surface area contributed by atoms with Crippen LogP contribution in [0.25, 0.3) is 0 Å². The lowest BCUT2D eigenvalue weighted by Gasteiger charge is -2.26. The summed E-state index contributed by atoms with van der Waals surface area (Å²) in [7, 11) is 0. The van der Waals surface area contributed by atoms with Crippen molar-refractivity contribution in [2.24, 2.45) is 0 Å². The molecule has 0 unspecified atom stereocenters. The molecule has 1 N–H and O–H groups in total. The number of nitrogens with one attached hydrogen (secondary N) is 1. The number of morpholine rings is 1. The fraction of sp³-hybridized carbons (Fsp3) is 0.625. The van der Waals surface area contributed by atoms with Crippen molar-refractivity contribution in [2.75, 3.05) is 45.9 Å². The zero-order valence-corrected chi connectivity index (χ0v) is 12.0. The highest BCUT2D eigenvalue weighted by atomic mass is 16.5. The third-order valence-corrected chi connectivity index (χ3v) is 3.60. The molecule has 0 spiro atoms. The molecule has 3 nitrogen and oxygen atoms in total. The first kappa shape index (κ1) is 14.5. The molecular formula is C16H26N2O. The maximum Gasteiger partial charge on any atom is 0.0594 e. The predicted octanol–water partition coefficient (Wildman–Crippen LogP) is 1.85. The van der Waals surface area contributed by atoms with Crippen LogP contribution in [0.2, 0.25) is 0 Å². The van der Waals surface area contributed by atoms with Gasteiger partial charge in [-0.05, 0) is 45.0 Å². The van der Waals surface area contributed by atoms with E-state index in [1.165, 1.54) is 24.1 Å². The maximum absolute atomic E-state index is 5.35. The quantitative estimate of drug-likeness (QED) is 0.759. The fourth-order valence-electron chi connectivity index (χ4n) is 2.48. The summed E-state index contributed by atoms with van der Waals surface area (Å²) in [6.45, 7) is 9.55. The Morgan fingerprint density at radius 2 is 2.05 bits per heavy atom. The van der Waals surface area contributed by atoms with Crippen molar-refractivity contribution in [1.82, 2.24) is 10.2 Å². The van der Waals surface area contributed by atoms with Crippen molar-refractivity contribution in [1.29, 1.82) is 0 Å². The molecule has 1 aliphatic rings. The number of hydrogen-bond acceptors (Lipinski definition) is 3. The third-order valence-electron chi connectivity index (χ3n) is 3.60. The monoisotopic (exact) mass is 262 g/mol. The van der Waals surface area contributed by atoms with Crippen LogP contribution in [-0.4, -0.2) is 50.8 Å². The Hall–Kier alpha value is -0.900. The van der Waals surface area contributed by atoms with E-state index in [-0.39, 0.29) is 0 Å². The summed E-state index contributed by atoms with van der Waals surface area (Å²) in [5, 5.41) is 3.53. The molecule has 0 amide bonds. The summed E-state index contributed by atoms with van der Waals surface area (Å²) in [5.74, 6) is 0. The topological polar surface area (TPSA) is 24.5 Å². The standard InChI is InChI=1S/C16H26N2O/c1-15-4-2-5-16(14-15)6-8-17-7-3-9-18-10-12-19-13-11-18/h2,4-5,14,17H,3,6-13H2,1H3. The SMILES string of the molecule is Cc1cccc(CCNCCCN2CCOCC2)c1. The van der Waals surface area contributed by atoms with E-state index in [1.807, 2.05) is 0 Å². The zero-order chi connectivity index (χ0) is 13.3. The number of benzene rings is 1. The highest BCUT2D eigenvalue weighted by Crippen LogP contribution is 2.04. The first-order valence-electron chi connectivity index (χ1n) is 7.41. The predicted molar refractivity (Wildman–Crippen MR) is 79.6 cm³/mol. The average Bonchev–Trinajstić information content (AvgIpc) is 2.44. The molecule has 0 aromatic heterocycles. The maximum atomic E-state index is 5.35. The smallest absolute Gasteiger partial charge is 0.0594 e. The Bertz CT molecular complexity index is 362. The van der Waals surface area contributed by atoms with Crippen molar-refractivity contribution in [3.63, 3.8) is 0 Å². The van der Waals surface area contributed by atoms with Crippen molar-refractivity contribution in [2.45, 2.75) is 19.8 Å². The molecule has 1 aliphatic heterocycles. The molecule has 0 bridgehead atoms. The molecule has 1 heterocycles. The lowest BCUT2D eigenvalue weighted by Crippen LogP contribution is -2.37. The Morgan fingerprint density at radius 3 is 2.84 bits per heavy atom. The highest BCUT2D eigenvalue weighted by Gasteiger charge is 2.08. The van der Waals surface area contributed by atoms with E-state index in [9.17, 15) is 0 Å². The number of ether oxygens (including phenoxy) is 1.